The van der Waals surface area contributed by atoms with Crippen LogP contribution >= 0.6 is 0 Å². The van der Waals surface area contributed by atoms with Gasteiger partial charge in [0.2, 0.25) is 0 Å². The van der Waals surface area contributed by atoms with E-state index in [1.165, 1.54) is 0 Å². The first-order valence-corrected chi connectivity index (χ1v) is 5.39. The van der Waals surface area contributed by atoms with E-state index in [9.17, 15) is 30.6 Å². The molecule has 1 rings (SSSR count). The Hall–Kier alpha value is -1.48. The third-order valence-electron chi connectivity index (χ3n) is 1.69. The van der Waals surface area contributed by atoms with Gasteiger partial charge in [-0.05, 0) is 12.1 Å². The molecule has 0 bridgehead atoms. The molecule has 0 spiro atoms. The largest absolute Gasteiger partial charge is 0.327 e. The molecule has 0 fully saturated rings. The first-order valence-electron chi connectivity index (χ1n) is 3.95. The number of benzene rings is 1. The van der Waals surface area contributed by atoms with Crippen LogP contribution < -0.4 is 0 Å². The quantitative estimate of drug-likeness (QED) is 0.627. The molecule has 0 atom stereocenters. The molecule has 0 saturated carbocycles. The smallest absolute Gasteiger partial charge is 0.206 e. The number of nitrogens with zero attached hydrogens (tertiary/aromatic N) is 1. The van der Waals surface area contributed by atoms with Crippen molar-refractivity contribution in [2.24, 2.45) is 0 Å². The van der Waals surface area contributed by atoms with Crippen LogP contribution in [0.25, 0.3) is 5.83 Å². The molecule has 0 aromatic heterocycles. The molecule has 94 valence electrons. The predicted molar refractivity (Wildman–Crippen MR) is 48.5 cm³/mol. The molecule has 0 aliphatic rings. The lowest BCUT2D eigenvalue weighted by Gasteiger charge is -2.03. The molecule has 1 aromatic rings. The van der Waals surface area contributed by atoms with Crippen molar-refractivity contribution in [3.05, 3.63) is 40.8 Å². The lowest BCUT2D eigenvalue weighted by Crippen LogP contribution is -2.15. The number of hydrogen-bond donors (Lipinski definition) is 0. The summed E-state index contributed by atoms with van der Waals surface area (Å²) in [6.45, 7) is 0. The van der Waals surface area contributed by atoms with Gasteiger partial charge in [0.1, 0.15) is 10.6 Å². The van der Waals surface area contributed by atoms with Crippen molar-refractivity contribution in [1.29, 1.82) is 0 Å². The second-order valence-electron chi connectivity index (χ2n) is 2.74. The van der Waals surface area contributed by atoms with Crippen LogP contribution in [0.1, 0.15) is 5.56 Å². The van der Waals surface area contributed by atoms with E-state index in [0.717, 1.165) is 18.2 Å². The number of rotatable bonds is 3. The van der Waals surface area contributed by atoms with Gasteiger partial charge < -0.3 is 0 Å². The molecule has 0 aliphatic heterocycles. The second-order valence-corrected chi connectivity index (χ2v) is 4.33. The molecule has 9 heteroatoms. The summed E-state index contributed by atoms with van der Waals surface area (Å²) in [7, 11) is -5.87. The Balaban J connectivity index is 3.39. The molecule has 0 radical (unpaired) electrons. The Morgan fingerprint density at radius 3 is 2.12 bits per heavy atom. The van der Waals surface area contributed by atoms with E-state index in [-0.39, 0.29) is 0 Å². The van der Waals surface area contributed by atoms with Crippen LogP contribution in [0.15, 0.2) is 29.4 Å². The van der Waals surface area contributed by atoms with E-state index in [2.05, 4.69) is 0 Å². The van der Waals surface area contributed by atoms with Gasteiger partial charge in [0.15, 0.2) is 5.83 Å². The summed E-state index contributed by atoms with van der Waals surface area (Å²) < 4.78 is 81.1. The van der Waals surface area contributed by atoms with Crippen molar-refractivity contribution in [2.45, 2.75) is 0 Å². The summed E-state index contributed by atoms with van der Waals surface area (Å²) in [6.07, 6.45) is 0. The molecule has 0 heterocycles. The van der Waals surface area contributed by atoms with Gasteiger partial charge >= 0.3 is 10.0 Å². The second kappa shape index (κ2) is 4.80. The highest BCUT2D eigenvalue weighted by Crippen LogP contribution is 2.28. The zero-order chi connectivity index (χ0) is 13.2. The van der Waals surface area contributed by atoms with Crippen molar-refractivity contribution in [3.63, 3.8) is 0 Å². The molecule has 0 N–H and O–H groups in total. The summed E-state index contributed by atoms with van der Waals surface area (Å²) in [5.41, 5.74) is -1.06. The summed E-state index contributed by atoms with van der Waals surface area (Å²) in [6, 6.07) is 3.65. The lowest BCUT2D eigenvalue weighted by molar-refractivity contribution is -0.0533. The van der Waals surface area contributed by atoms with Gasteiger partial charge in [0, 0.05) is 5.56 Å². The standard InChI is InChI=1S/C8H4F5NO2S/c9-6-4-2-1-3-5(6)7(10)8(11)17(15,16)14(12)13/h1-4H. The fourth-order valence-corrected chi connectivity index (χ4v) is 1.38. The van der Waals surface area contributed by atoms with Crippen molar-refractivity contribution < 1.29 is 30.6 Å². The van der Waals surface area contributed by atoms with Crippen LogP contribution in [-0.2, 0) is 10.0 Å². The number of sulfonamides is 1. The van der Waals surface area contributed by atoms with Gasteiger partial charge in [-0.2, -0.15) is 12.8 Å². The molecule has 3 nitrogen and oxygen atoms in total. The van der Waals surface area contributed by atoms with Crippen molar-refractivity contribution in [2.75, 3.05) is 0 Å². The highest BCUT2D eigenvalue weighted by atomic mass is 32.2. The lowest BCUT2D eigenvalue weighted by atomic mass is 10.2. The van der Waals surface area contributed by atoms with E-state index in [4.69, 9.17) is 0 Å². The summed E-state index contributed by atoms with van der Waals surface area (Å²) >= 11 is 0. The molecule has 0 saturated heterocycles. The Labute approximate surface area is 92.7 Å². The van der Waals surface area contributed by atoms with Crippen LogP contribution in [-0.4, -0.2) is 13.2 Å². The van der Waals surface area contributed by atoms with Gasteiger partial charge in [-0.25, -0.2) is 8.78 Å². The van der Waals surface area contributed by atoms with Crippen molar-refractivity contribution in [3.8, 4) is 0 Å². The highest BCUT2D eigenvalue weighted by molar-refractivity contribution is 7.92. The van der Waals surface area contributed by atoms with Crippen LogP contribution in [0.3, 0.4) is 0 Å². The molecule has 17 heavy (non-hydrogen) atoms. The van der Waals surface area contributed by atoms with Crippen LogP contribution in [0, 0.1) is 5.82 Å². The highest BCUT2D eigenvalue weighted by Gasteiger charge is 2.33. The molecular formula is C8H4F5NO2S. The molecule has 1 aromatic carbocycles. The topological polar surface area (TPSA) is 37.4 Å². The normalized spacial score (nSPS) is 13.8. The summed E-state index contributed by atoms with van der Waals surface area (Å²) in [4.78, 5) is 0. The van der Waals surface area contributed by atoms with E-state index >= 15 is 0 Å². The van der Waals surface area contributed by atoms with E-state index in [1.807, 2.05) is 0 Å². The predicted octanol–water partition coefficient (Wildman–Crippen LogP) is 2.79. The van der Waals surface area contributed by atoms with E-state index < -0.39 is 37.1 Å². The fraction of sp³-hybridized carbons (Fsp3) is 0. The maximum atomic E-state index is 13.2. The summed E-state index contributed by atoms with van der Waals surface area (Å²) in [5, 5.41) is -2.76. The van der Waals surface area contributed by atoms with Crippen molar-refractivity contribution in [1.82, 2.24) is 4.75 Å². The van der Waals surface area contributed by atoms with E-state index in [1.54, 1.807) is 0 Å². The Bertz CT molecular complexity index is 555. The van der Waals surface area contributed by atoms with Gasteiger partial charge in [-0.1, -0.05) is 21.1 Å². The molecule has 0 unspecified atom stereocenters. The van der Waals surface area contributed by atoms with E-state index in [0.29, 0.717) is 6.07 Å². The van der Waals surface area contributed by atoms with Crippen LogP contribution in [0.2, 0.25) is 0 Å². The SMILES string of the molecule is O=S(=O)(C(F)=C(F)c1ccccc1F)N(F)F. The first-order chi connectivity index (χ1) is 7.78. The minimum absolute atomic E-state index is 0.709. The molecule has 0 amide bonds. The molecular weight excluding hydrogens is 269 g/mol. The van der Waals surface area contributed by atoms with Crippen LogP contribution in [0.4, 0.5) is 22.1 Å². The van der Waals surface area contributed by atoms with Gasteiger partial charge in [-0.3, -0.25) is 0 Å². The maximum absolute atomic E-state index is 13.2. The number of hydrogen-bond acceptors (Lipinski definition) is 2. The zero-order valence-electron chi connectivity index (χ0n) is 7.87. The minimum atomic E-state index is -5.87. The number of halogens is 5. The maximum Gasteiger partial charge on any atom is 0.327 e. The third kappa shape index (κ3) is 2.61. The van der Waals surface area contributed by atoms with Gasteiger partial charge in [0.05, 0.1) is 0 Å². The van der Waals surface area contributed by atoms with Crippen LogP contribution in [0.5, 0.6) is 0 Å². The fourth-order valence-electron chi connectivity index (χ4n) is 0.919. The third-order valence-corrected chi connectivity index (χ3v) is 2.69. The van der Waals surface area contributed by atoms with Crippen molar-refractivity contribution >= 4 is 15.9 Å². The monoisotopic (exact) mass is 273 g/mol. The summed E-state index contributed by atoms with van der Waals surface area (Å²) in [5.74, 6) is -3.50. The minimum Gasteiger partial charge on any atom is -0.206 e. The zero-order valence-corrected chi connectivity index (χ0v) is 8.69. The Morgan fingerprint density at radius 1 is 1.12 bits per heavy atom. The first kappa shape index (κ1) is 13.6. The average Bonchev–Trinajstić information content (AvgIpc) is 2.27. The average molecular weight is 273 g/mol. The van der Waals surface area contributed by atoms with Gasteiger partial charge in [0.25, 0.3) is 5.16 Å². The Morgan fingerprint density at radius 2 is 1.65 bits per heavy atom. The Kier molecular flexibility index (Phi) is 3.83. The van der Waals surface area contributed by atoms with Gasteiger partial charge in [-0.15, -0.1) is 0 Å². The molecule has 0 aliphatic carbocycles.